The molecule has 3 unspecified atom stereocenters. The molecule has 1 rings (SSSR count). The minimum Gasteiger partial charge on any atom is -0.392 e. The van der Waals surface area contributed by atoms with Crippen molar-refractivity contribution in [3.63, 3.8) is 0 Å². The van der Waals surface area contributed by atoms with Crippen LogP contribution in [0, 0.1) is 0 Å². The predicted octanol–water partition coefficient (Wildman–Crippen LogP) is 1.40. The van der Waals surface area contributed by atoms with E-state index in [1.165, 1.54) is 0 Å². The van der Waals surface area contributed by atoms with Gasteiger partial charge in [-0.2, -0.15) is 12.6 Å². The molecule has 2 N–H and O–H groups in total. The van der Waals surface area contributed by atoms with Gasteiger partial charge < -0.3 is 10.2 Å². The van der Waals surface area contributed by atoms with Gasteiger partial charge in [0.25, 0.3) is 0 Å². The second-order valence-electron chi connectivity index (χ2n) is 3.09. The molecule has 3 heteroatoms. The molecular weight excluding hydrogens is 184 g/mol. The molecular formula is C10H14O2S. The summed E-state index contributed by atoms with van der Waals surface area (Å²) in [4.78, 5) is 0. The SMILES string of the molecule is CC(O)C(S)C(O)c1ccccc1. The van der Waals surface area contributed by atoms with E-state index in [0.717, 1.165) is 5.56 Å². The number of hydrogen-bond donors (Lipinski definition) is 3. The van der Waals surface area contributed by atoms with Crippen LogP contribution in [0.15, 0.2) is 30.3 Å². The van der Waals surface area contributed by atoms with E-state index in [1.54, 1.807) is 6.92 Å². The average Bonchev–Trinajstić information content (AvgIpc) is 2.17. The van der Waals surface area contributed by atoms with Crippen LogP contribution in [0.4, 0.5) is 0 Å². The third-order valence-electron chi connectivity index (χ3n) is 1.96. The maximum Gasteiger partial charge on any atom is 0.0930 e. The molecule has 0 aliphatic rings. The Kier molecular flexibility index (Phi) is 3.78. The topological polar surface area (TPSA) is 40.5 Å². The van der Waals surface area contributed by atoms with E-state index in [9.17, 15) is 10.2 Å². The van der Waals surface area contributed by atoms with E-state index in [1.807, 2.05) is 30.3 Å². The minimum absolute atomic E-state index is 0.442. The van der Waals surface area contributed by atoms with Gasteiger partial charge >= 0.3 is 0 Å². The van der Waals surface area contributed by atoms with Gasteiger partial charge in [-0.05, 0) is 12.5 Å². The van der Waals surface area contributed by atoms with Crippen LogP contribution in [0.25, 0.3) is 0 Å². The third kappa shape index (κ3) is 2.72. The summed E-state index contributed by atoms with van der Waals surface area (Å²) in [5.74, 6) is 0. The molecule has 0 amide bonds. The second kappa shape index (κ2) is 4.65. The van der Waals surface area contributed by atoms with Crippen LogP contribution < -0.4 is 0 Å². The van der Waals surface area contributed by atoms with E-state index in [0.29, 0.717) is 0 Å². The molecule has 13 heavy (non-hydrogen) atoms. The maximum absolute atomic E-state index is 9.72. The number of benzene rings is 1. The fourth-order valence-electron chi connectivity index (χ4n) is 1.11. The molecule has 0 fully saturated rings. The van der Waals surface area contributed by atoms with Gasteiger partial charge in [0, 0.05) is 0 Å². The average molecular weight is 198 g/mol. The van der Waals surface area contributed by atoms with Crippen LogP contribution >= 0.6 is 12.6 Å². The first kappa shape index (κ1) is 10.6. The molecule has 0 aliphatic heterocycles. The van der Waals surface area contributed by atoms with Crippen molar-refractivity contribution in [2.75, 3.05) is 0 Å². The Bertz CT molecular complexity index is 248. The zero-order valence-electron chi connectivity index (χ0n) is 7.46. The predicted molar refractivity (Wildman–Crippen MR) is 55.9 cm³/mol. The van der Waals surface area contributed by atoms with Crippen LogP contribution in [0.2, 0.25) is 0 Å². The summed E-state index contributed by atoms with van der Waals surface area (Å²) in [7, 11) is 0. The largest absolute Gasteiger partial charge is 0.392 e. The molecule has 1 aromatic rings. The molecule has 0 spiro atoms. The van der Waals surface area contributed by atoms with Gasteiger partial charge in [-0.15, -0.1) is 0 Å². The van der Waals surface area contributed by atoms with E-state index in [-0.39, 0.29) is 0 Å². The minimum atomic E-state index is -0.718. The first-order chi connectivity index (χ1) is 6.13. The van der Waals surface area contributed by atoms with Crippen molar-refractivity contribution in [3.8, 4) is 0 Å². The number of aliphatic hydroxyl groups excluding tert-OH is 2. The van der Waals surface area contributed by atoms with Crippen LogP contribution in [0.1, 0.15) is 18.6 Å². The molecule has 0 saturated heterocycles. The Morgan fingerprint density at radius 3 is 2.15 bits per heavy atom. The van der Waals surface area contributed by atoms with Crippen molar-refractivity contribution in [3.05, 3.63) is 35.9 Å². The summed E-state index contributed by atoms with van der Waals surface area (Å²) in [6.07, 6.45) is -1.34. The molecule has 2 nitrogen and oxygen atoms in total. The highest BCUT2D eigenvalue weighted by atomic mass is 32.1. The van der Waals surface area contributed by atoms with E-state index >= 15 is 0 Å². The second-order valence-corrected chi connectivity index (χ2v) is 3.68. The van der Waals surface area contributed by atoms with Crippen LogP contribution in [-0.4, -0.2) is 21.6 Å². The standard InChI is InChI=1S/C10H14O2S/c1-7(11)10(13)9(12)8-5-3-2-4-6-8/h2-7,9-13H,1H3. The van der Waals surface area contributed by atoms with Crippen molar-refractivity contribution in [2.24, 2.45) is 0 Å². The number of aliphatic hydroxyl groups is 2. The molecule has 0 aromatic heterocycles. The highest BCUT2D eigenvalue weighted by molar-refractivity contribution is 7.81. The first-order valence-corrected chi connectivity index (χ1v) is 4.73. The molecule has 0 bridgehead atoms. The Balaban J connectivity index is 2.73. The lowest BCUT2D eigenvalue weighted by Gasteiger charge is -2.20. The fraction of sp³-hybridized carbons (Fsp3) is 0.400. The van der Waals surface area contributed by atoms with Crippen molar-refractivity contribution in [1.29, 1.82) is 0 Å². The number of thiol groups is 1. The quantitative estimate of drug-likeness (QED) is 0.642. The van der Waals surface area contributed by atoms with Crippen molar-refractivity contribution in [2.45, 2.75) is 24.4 Å². The molecule has 0 aliphatic carbocycles. The lowest BCUT2D eigenvalue weighted by atomic mass is 10.0. The molecule has 3 atom stereocenters. The summed E-state index contributed by atoms with van der Waals surface area (Å²) in [6.45, 7) is 1.61. The van der Waals surface area contributed by atoms with E-state index < -0.39 is 17.5 Å². The molecule has 72 valence electrons. The summed E-state index contributed by atoms with van der Waals surface area (Å²) < 4.78 is 0. The van der Waals surface area contributed by atoms with Gasteiger partial charge in [-0.1, -0.05) is 30.3 Å². The van der Waals surface area contributed by atoms with Gasteiger partial charge in [-0.25, -0.2) is 0 Å². The lowest BCUT2D eigenvalue weighted by Crippen LogP contribution is -2.24. The molecule has 0 radical (unpaired) electrons. The zero-order valence-corrected chi connectivity index (χ0v) is 8.35. The van der Waals surface area contributed by atoms with Crippen molar-refractivity contribution in [1.82, 2.24) is 0 Å². The summed E-state index contributed by atoms with van der Waals surface area (Å²) in [5.41, 5.74) is 0.781. The van der Waals surface area contributed by atoms with Crippen molar-refractivity contribution < 1.29 is 10.2 Å². The number of hydrogen-bond acceptors (Lipinski definition) is 3. The van der Waals surface area contributed by atoms with Gasteiger partial charge in [0.05, 0.1) is 17.5 Å². The van der Waals surface area contributed by atoms with Crippen molar-refractivity contribution >= 4 is 12.6 Å². The highest BCUT2D eigenvalue weighted by Crippen LogP contribution is 2.22. The lowest BCUT2D eigenvalue weighted by molar-refractivity contribution is 0.1000. The van der Waals surface area contributed by atoms with Crippen LogP contribution in [-0.2, 0) is 0 Å². The molecule has 0 heterocycles. The molecule has 1 aromatic carbocycles. The molecule has 0 saturated carbocycles. The summed E-state index contributed by atoms with van der Waals surface area (Å²) in [6, 6.07) is 9.21. The van der Waals surface area contributed by atoms with Crippen LogP contribution in [0.3, 0.4) is 0 Å². The normalized spacial score (nSPS) is 17.8. The smallest absolute Gasteiger partial charge is 0.0930 e. The summed E-state index contributed by atoms with van der Waals surface area (Å²) >= 11 is 4.13. The van der Waals surface area contributed by atoms with Crippen LogP contribution in [0.5, 0.6) is 0 Å². The van der Waals surface area contributed by atoms with E-state index in [2.05, 4.69) is 12.6 Å². The van der Waals surface area contributed by atoms with Gasteiger partial charge in [-0.3, -0.25) is 0 Å². The zero-order chi connectivity index (χ0) is 9.84. The number of rotatable bonds is 3. The monoisotopic (exact) mass is 198 g/mol. The Hall–Kier alpha value is -0.510. The van der Waals surface area contributed by atoms with Gasteiger partial charge in [0.1, 0.15) is 0 Å². The summed E-state index contributed by atoms with van der Waals surface area (Å²) in [5, 5.41) is 18.5. The Morgan fingerprint density at radius 2 is 1.69 bits per heavy atom. The Labute approximate surface area is 83.6 Å². The third-order valence-corrected chi connectivity index (χ3v) is 2.67. The Morgan fingerprint density at radius 1 is 1.15 bits per heavy atom. The van der Waals surface area contributed by atoms with E-state index in [4.69, 9.17) is 0 Å². The highest BCUT2D eigenvalue weighted by Gasteiger charge is 2.20. The maximum atomic E-state index is 9.72. The fourth-order valence-corrected chi connectivity index (χ4v) is 1.28. The van der Waals surface area contributed by atoms with Gasteiger partial charge in [0.2, 0.25) is 0 Å². The van der Waals surface area contributed by atoms with Gasteiger partial charge in [0.15, 0.2) is 0 Å². The first-order valence-electron chi connectivity index (χ1n) is 4.22.